The monoisotopic (exact) mass is 443 g/mol. The van der Waals surface area contributed by atoms with Crippen LogP contribution in [0.1, 0.15) is 11.1 Å². The molecule has 0 unspecified atom stereocenters. The molecule has 0 aliphatic rings. The number of rotatable bonds is 5. The molecule has 8 heteroatoms. The van der Waals surface area contributed by atoms with Gasteiger partial charge in [0.05, 0.1) is 0 Å². The summed E-state index contributed by atoms with van der Waals surface area (Å²) in [5, 5.41) is 8.46. The van der Waals surface area contributed by atoms with Crippen LogP contribution < -0.4 is 22.1 Å². The van der Waals surface area contributed by atoms with Crippen LogP contribution in [0.5, 0.6) is 0 Å². The Morgan fingerprint density at radius 3 is 2.53 bits per heavy atom. The Hall–Kier alpha value is -4.17. The fraction of sp³-hybridized carbons (Fsp3) is 0.0417. The predicted octanol–water partition coefficient (Wildman–Crippen LogP) is 5.00. The second-order valence-electron chi connectivity index (χ2n) is 7.21. The minimum absolute atomic E-state index is 0.316. The van der Waals surface area contributed by atoms with Crippen molar-refractivity contribution >= 4 is 56.6 Å². The molecule has 0 saturated carbocycles. The van der Waals surface area contributed by atoms with Gasteiger partial charge in [-0.2, -0.15) is 0 Å². The number of carbonyl (C=O) groups excluding carboxylic acids is 2. The van der Waals surface area contributed by atoms with Crippen LogP contribution in [0.25, 0.3) is 27.3 Å². The number of pyridine rings is 1. The first-order valence-electron chi connectivity index (χ1n) is 9.79. The third kappa shape index (κ3) is 4.60. The normalized spacial score (nSPS) is 11.0. The minimum atomic E-state index is -0.527. The number of urea groups is 1. The van der Waals surface area contributed by atoms with E-state index >= 15 is 0 Å². The highest BCUT2D eigenvalue weighted by Crippen LogP contribution is 2.39. The molecule has 0 aliphatic heterocycles. The number of carbonyl (C=O) groups is 2. The van der Waals surface area contributed by atoms with Gasteiger partial charge >= 0.3 is 6.03 Å². The molecule has 7 nitrogen and oxygen atoms in total. The van der Waals surface area contributed by atoms with E-state index < -0.39 is 5.91 Å². The van der Waals surface area contributed by atoms with E-state index in [2.05, 4.69) is 15.6 Å². The van der Waals surface area contributed by atoms with Gasteiger partial charge < -0.3 is 22.1 Å². The average Bonchev–Trinajstić information content (AvgIpc) is 3.20. The molecule has 0 atom stereocenters. The number of aromatic nitrogens is 1. The fourth-order valence-electron chi connectivity index (χ4n) is 3.34. The number of benzene rings is 2. The van der Waals surface area contributed by atoms with Crippen molar-refractivity contribution < 1.29 is 9.59 Å². The summed E-state index contributed by atoms with van der Waals surface area (Å²) in [6, 6.07) is 14.8. The summed E-state index contributed by atoms with van der Waals surface area (Å²) < 4.78 is 0.921. The van der Waals surface area contributed by atoms with E-state index in [1.165, 1.54) is 17.4 Å². The molecule has 0 aliphatic carbocycles. The minimum Gasteiger partial charge on any atom is -0.383 e. The third-order valence-corrected chi connectivity index (χ3v) is 5.84. The first-order valence-corrected chi connectivity index (χ1v) is 10.7. The molecule has 0 radical (unpaired) electrons. The number of thiophene rings is 1. The number of hydrogen-bond acceptors (Lipinski definition) is 5. The number of nitrogens with zero attached hydrogens (tertiary/aromatic N) is 1. The Balaban J connectivity index is 1.56. The number of nitrogens with two attached hydrogens (primary N) is 2. The molecule has 2 heterocycles. The van der Waals surface area contributed by atoms with Gasteiger partial charge in [-0.15, -0.1) is 11.3 Å². The van der Waals surface area contributed by atoms with E-state index in [0.717, 1.165) is 38.0 Å². The summed E-state index contributed by atoms with van der Waals surface area (Å²) in [4.78, 5) is 27.6. The van der Waals surface area contributed by atoms with E-state index in [0.29, 0.717) is 11.5 Å². The summed E-state index contributed by atoms with van der Waals surface area (Å²) in [6.07, 6.45) is 4.56. The first kappa shape index (κ1) is 21.1. The van der Waals surface area contributed by atoms with E-state index in [1.54, 1.807) is 12.3 Å². The zero-order valence-electron chi connectivity index (χ0n) is 17.3. The molecule has 0 bridgehead atoms. The van der Waals surface area contributed by atoms with Gasteiger partial charge in [0.1, 0.15) is 5.82 Å². The first-order chi connectivity index (χ1) is 15.4. The predicted molar refractivity (Wildman–Crippen MR) is 132 cm³/mol. The Kier molecular flexibility index (Phi) is 5.87. The highest BCUT2D eigenvalue weighted by molar-refractivity contribution is 7.18. The second kappa shape index (κ2) is 8.91. The molecule has 0 fully saturated rings. The Morgan fingerprint density at radius 1 is 1.06 bits per heavy atom. The van der Waals surface area contributed by atoms with Crippen molar-refractivity contribution in [2.75, 3.05) is 16.4 Å². The van der Waals surface area contributed by atoms with Crippen molar-refractivity contribution in [3.8, 4) is 11.1 Å². The SMILES string of the molecule is Cc1cccc(NC(=O)Nc2ccc(-c3csc4c(C=CC(N)=O)cnc(N)c34)cc2)c1. The summed E-state index contributed by atoms with van der Waals surface area (Å²) in [6.45, 7) is 1.97. The molecule has 4 aromatic rings. The van der Waals surface area contributed by atoms with E-state index in [9.17, 15) is 9.59 Å². The van der Waals surface area contributed by atoms with Crippen molar-refractivity contribution in [2.45, 2.75) is 6.92 Å². The van der Waals surface area contributed by atoms with Gasteiger partial charge in [0.25, 0.3) is 0 Å². The number of nitrogen functional groups attached to an aromatic ring is 1. The van der Waals surface area contributed by atoms with Gasteiger partial charge in [0.2, 0.25) is 5.91 Å². The van der Waals surface area contributed by atoms with Crippen molar-refractivity contribution in [1.29, 1.82) is 0 Å². The number of primary amides is 1. The molecular formula is C24H21N5O2S. The number of anilines is 3. The van der Waals surface area contributed by atoms with Crippen LogP contribution in [0.15, 0.2) is 66.2 Å². The maximum atomic E-state index is 12.3. The number of hydrogen-bond donors (Lipinski definition) is 4. The molecule has 160 valence electrons. The van der Waals surface area contributed by atoms with Crippen LogP contribution in [-0.2, 0) is 4.79 Å². The molecule has 0 spiro atoms. The van der Waals surface area contributed by atoms with Crippen molar-refractivity contribution in [3.63, 3.8) is 0 Å². The largest absolute Gasteiger partial charge is 0.383 e. The highest BCUT2D eigenvalue weighted by Gasteiger charge is 2.13. The topological polar surface area (TPSA) is 123 Å². The van der Waals surface area contributed by atoms with Crippen molar-refractivity contribution in [1.82, 2.24) is 4.98 Å². The smallest absolute Gasteiger partial charge is 0.323 e. The number of aryl methyl sites for hydroxylation is 1. The summed E-state index contributed by atoms with van der Waals surface area (Å²) in [5.41, 5.74) is 16.5. The Morgan fingerprint density at radius 2 is 1.81 bits per heavy atom. The quantitative estimate of drug-likeness (QED) is 0.324. The second-order valence-corrected chi connectivity index (χ2v) is 8.09. The maximum absolute atomic E-state index is 12.3. The maximum Gasteiger partial charge on any atom is 0.323 e. The van der Waals surface area contributed by atoms with E-state index in [4.69, 9.17) is 11.5 Å². The van der Waals surface area contributed by atoms with Crippen molar-refractivity contribution in [3.05, 3.63) is 77.3 Å². The number of amides is 3. The lowest BCUT2D eigenvalue weighted by atomic mass is 10.0. The standard InChI is InChI=1S/C24H21N5O2S/c1-14-3-2-4-18(11-14)29-24(31)28-17-8-5-15(6-9-17)19-13-32-22-16(7-10-20(25)30)12-27-23(26)21(19)22/h2-13H,1H3,(H2,25,30)(H2,26,27)(H2,28,29,31). The van der Waals surface area contributed by atoms with Gasteiger partial charge in [0.15, 0.2) is 0 Å². The molecule has 4 rings (SSSR count). The van der Waals surface area contributed by atoms with E-state index in [1.807, 2.05) is 60.8 Å². The third-order valence-electron chi connectivity index (χ3n) is 4.81. The van der Waals surface area contributed by atoms with Gasteiger partial charge in [-0.25, -0.2) is 9.78 Å². The van der Waals surface area contributed by atoms with Crippen molar-refractivity contribution in [2.24, 2.45) is 5.73 Å². The zero-order valence-corrected chi connectivity index (χ0v) is 18.1. The molecule has 2 aromatic carbocycles. The summed E-state index contributed by atoms with van der Waals surface area (Å²) >= 11 is 1.52. The van der Waals surface area contributed by atoms with Gasteiger partial charge in [0, 0.05) is 44.9 Å². The molecule has 6 N–H and O–H groups in total. The molecular weight excluding hydrogens is 422 g/mol. The summed E-state index contributed by atoms with van der Waals surface area (Å²) in [5.74, 6) is -0.117. The zero-order chi connectivity index (χ0) is 22.7. The lowest BCUT2D eigenvalue weighted by molar-refractivity contribution is -0.113. The summed E-state index contributed by atoms with van der Waals surface area (Å²) in [7, 11) is 0. The van der Waals surface area contributed by atoms with Gasteiger partial charge in [-0.05, 0) is 53.8 Å². The number of nitrogens with one attached hydrogen (secondary N) is 2. The van der Waals surface area contributed by atoms with Crippen LogP contribution in [0.2, 0.25) is 0 Å². The molecule has 3 amide bonds. The average molecular weight is 444 g/mol. The fourth-order valence-corrected chi connectivity index (χ4v) is 4.42. The molecule has 32 heavy (non-hydrogen) atoms. The number of fused-ring (bicyclic) bond motifs is 1. The van der Waals surface area contributed by atoms with Crippen LogP contribution in [-0.4, -0.2) is 16.9 Å². The van der Waals surface area contributed by atoms with Crippen LogP contribution in [0.3, 0.4) is 0 Å². The van der Waals surface area contributed by atoms with Crippen LogP contribution >= 0.6 is 11.3 Å². The van der Waals surface area contributed by atoms with Crippen LogP contribution in [0, 0.1) is 6.92 Å². The van der Waals surface area contributed by atoms with E-state index in [-0.39, 0.29) is 6.03 Å². The Labute approximate surface area is 188 Å². The lowest BCUT2D eigenvalue weighted by Gasteiger charge is -2.09. The van der Waals surface area contributed by atoms with Crippen LogP contribution in [0.4, 0.5) is 22.0 Å². The highest BCUT2D eigenvalue weighted by atomic mass is 32.1. The molecule has 2 aromatic heterocycles. The van der Waals surface area contributed by atoms with Gasteiger partial charge in [-0.3, -0.25) is 4.79 Å². The molecule has 0 saturated heterocycles. The Bertz CT molecular complexity index is 1340. The lowest BCUT2D eigenvalue weighted by Crippen LogP contribution is -2.19. The van der Waals surface area contributed by atoms with Gasteiger partial charge in [-0.1, -0.05) is 24.3 Å².